The first-order valence-electron chi connectivity index (χ1n) is 6.55. The second-order valence-corrected chi connectivity index (χ2v) is 5.16. The van der Waals surface area contributed by atoms with Crippen LogP contribution in [0.2, 0.25) is 0 Å². The van der Waals surface area contributed by atoms with E-state index in [1.165, 1.54) is 5.56 Å². The van der Waals surface area contributed by atoms with Gasteiger partial charge in [-0.15, -0.1) is 0 Å². The number of aromatic amines is 1. The Morgan fingerprint density at radius 2 is 1.95 bits per heavy atom. The van der Waals surface area contributed by atoms with Crippen molar-refractivity contribution in [2.45, 2.75) is 26.2 Å². The van der Waals surface area contributed by atoms with Gasteiger partial charge >= 0.3 is 0 Å². The van der Waals surface area contributed by atoms with E-state index in [9.17, 15) is 0 Å². The smallest absolute Gasteiger partial charge is 0.131 e. The van der Waals surface area contributed by atoms with Crippen molar-refractivity contribution >= 4 is 11.6 Å². The number of aromatic nitrogens is 3. The Kier molecular flexibility index (Phi) is 4.04. The van der Waals surface area contributed by atoms with Gasteiger partial charge in [-0.3, -0.25) is 0 Å². The molecular weight excluding hydrogens is 238 g/mol. The number of nitrogens with zero attached hydrogens (tertiary/aromatic N) is 2. The van der Waals surface area contributed by atoms with Crippen LogP contribution in [0.5, 0.6) is 0 Å². The summed E-state index contributed by atoms with van der Waals surface area (Å²) in [7, 11) is 0. The van der Waals surface area contributed by atoms with Crippen molar-refractivity contribution in [3.8, 4) is 0 Å². The average Bonchev–Trinajstić information content (AvgIpc) is 2.92. The molecule has 0 unspecified atom stereocenters. The number of nitrogens with one attached hydrogen (secondary N) is 3. The normalized spacial score (nSPS) is 11.3. The molecule has 2 rings (SSSR count). The van der Waals surface area contributed by atoms with Gasteiger partial charge in [-0.25, -0.2) is 9.97 Å². The van der Waals surface area contributed by atoms with Gasteiger partial charge in [0, 0.05) is 37.0 Å². The minimum Gasteiger partial charge on any atom is -0.370 e. The van der Waals surface area contributed by atoms with Crippen LogP contribution in [0.1, 0.15) is 26.3 Å². The Balaban J connectivity index is 2.00. The molecule has 0 aliphatic carbocycles. The highest BCUT2D eigenvalue weighted by molar-refractivity contribution is 5.46. The molecule has 0 fully saturated rings. The second-order valence-electron chi connectivity index (χ2n) is 5.16. The standard InChI is InChI=1S/C14H21N5/c1-4-16-12-7-13(19-10-18-12)17-9-14(2,3)11-5-6-15-8-11/h5-8,10,15H,4,9H2,1-3H3,(H2,16,17,18,19). The first-order chi connectivity index (χ1) is 9.12. The molecule has 3 N–H and O–H groups in total. The molecule has 0 saturated carbocycles. The lowest BCUT2D eigenvalue weighted by molar-refractivity contribution is 0.557. The van der Waals surface area contributed by atoms with E-state index in [0.29, 0.717) is 0 Å². The fourth-order valence-corrected chi connectivity index (χ4v) is 1.89. The predicted molar refractivity (Wildman–Crippen MR) is 78.5 cm³/mol. The van der Waals surface area contributed by atoms with Gasteiger partial charge in [-0.05, 0) is 18.6 Å². The number of anilines is 2. The molecule has 5 nitrogen and oxygen atoms in total. The summed E-state index contributed by atoms with van der Waals surface area (Å²) in [4.78, 5) is 11.5. The highest BCUT2D eigenvalue weighted by Crippen LogP contribution is 2.23. The molecule has 19 heavy (non-hydrogen) atoms. The van der Waals surface area contributed by atoms with E-state index in [4.69, 9.17) is 0 Å². The first-order valence-corrected chi connectivity index (χ1v) is 6.55. The molecule has 0 spiro atoms. The summed E-state index contributed by atoms with van der Waals surface area (Å²) in [5.74, 6) is 1.69. The Morgan fingerprint density at radius 1 is 1.21 bits per heavy atom. The zero-order chi connectivity index (χ0) is 13.7. The number of hydrogen-bond acceptors (Lipinski definition) is 4. The minimum absolute atomic E-state index is 0.0449. The van der Waals surface area contributed by atoms with Gasteiger partial charge < -0.3 is 15.6 Å². The van der Waals surface area contributed by atoms with Crippen LogP contribution in [0, 0.1) is 0 Å². The van der Waals surface area contributed by atoms with Crippen molar-refractivity contribution in [1.29, 1.82) is 0 Å². The summed E-state index contributed by atoms with van der Waals surface area (Å²) < 4.78 is 0. The molecule has 2 heterocycles. The van der Waals surface area contributed by atoms with Crippen LogP contribution in [0.3, 0.4) is 0 Å². The van der Waals surface area contributed by atoms with E-state index in [0.717, 1.165) is 24.7 Å². The van der Waals surface area contributed by atoms with Crippen molar-refractivity contribution < 1.29 is 0 Å². The van der Waals surface area contributed by atoms with Crippen molar-refractivity contribution in [2.75, 3.05) is 23.7 Å². The lowest BCUT2D eigenvalue weighted by Crippen LogP contribution is -2.27. The van der Waals surface area contributed by atoms with Crippen molar-refractivity contribution in [1.82, 2.24) is 15.0 Å². The number of rotatable bonds is 6. The Hall–Kier alpha value is -2.04. The van der Waals surface area contributed by atoms with Crippen LogP contribution in [-0.2, 0) is 5.41 Å². The van der Waals surface area contributed by atoms with Crippen LogP contribution >= 0.6 is 0 Å². The lowest BCUT2D eigenvalue weighted by atomic mass is 9.86. The molecule has 2 aromatic rings. The molecule has 0 atom stereocenters. The Bertz CT molecular complexity index is 504. The summed E-state index contributed by atoms with van der Waals surface area (Å²) in [6, 6.07) is 4.03. The zero-order valence-electron chi connectivity index (χ0n) is 11.7. The maximum Gasteiger partial charge on any atom is 0.131 e. The fourth-order valence-electron chi connectivity index (χ4n) is 1.89. The topological polar surface area (TPSA) is 65.6 Å². The minimum atomic E-state index is 0.0449. The van der Waals surface area contributed by atoms with Gasteiger partial charge in [-0.1, -0.05) is 13.8 Å². The maximum atomic E-state index is 4.24. The summed E-state index contributed by atoms with van der Waals surface area (Å²) in [6.45, 7) is 8.12. The fraction of sp³-hybridized carbons (Fsp3) is 0.429. The zero-order valence-corrected chi connectivity index (χ0v) is 11.7. The molecule has 0 aromatic carbocycles. The number of H-pyrrole nitrogens is 1. The van der Waals surface area contributed by atoms with E-state index in [2.05, 4.69) is 45.5 Å². The molecular formula is C14H21N5. The molecule has 0 amide bonds. The van der Waals surface area contributed by atoms with E-state index in [1.807, 2.05) is 25.4 Å². The van der Waals surface area contributed by atoms with Crippen LogP contribution < -0.4 is 10.6 Å². The van der Waals surface area contributed by atoms with E-state index >= 15 is 0 Å². The highest BCUT2D eigenvalue weighted by Gasteiger charge is 2.20. The molecule has 0 bridgehead atoms. The van der Waals surface area contributed by atoms with Crippen LogP contribution in [-0.4, -0.2) is 28.0 Å². The average molecular weight is 259 g/mol. The molecule has 0 saturated heterocycles. The first kappa shape index (κ1) is 13.4. The van der Waals surface area contributed by atoms with Gasteiger partial charge in [-0.2, -0.15) is 0 Å². The van der Waals surface area contributed by atoms with Gasteiger partial charge in [0.25, 0.3) is 0 Å². The van der Waals surface area contributed by atoms with Crippen molar-refractivity contribution in [3.05, 3.63) is 36.4 Å². The quantitative estimate of drug-likeness (QED) is 0.746. The second kappa shape index (κ2) is 5.73. The van der Waals surface area contributed by atoms with Crippen LogP contribution in [0.15, 0.2) is 30.9 Å². The summed E-state index contributed by atoms with van der Waals surface area (Å²) >= 11 is 0. The molecule has 5 heteroatoms. The van der Waals surface area contributed by atoms with Crippen LogP contribution in [0.25, 0.3) is 0 Å². The van der Waals surface area contributed by atoms with Crippen molar-refractivity contribution in [2.24, 2.45) is 0 Å². The predicted octanol–water partition coefficient (Wildman–Crippen LogP) is 2.63. The van der Waals surface area contributed by atoms with E-state index in [-0.39, 0.29) is 5.41 Å². The van der Waals surface area contributed by atoms with Gasteiger partial charge in [0.1, 0.15) is 18.0 Å². The van der Waals surface area contributed by atoms with E-state index < -0.39 is 0 Å². The molecule has 2 aromatic heterocycles. The molecule has 0 radical (unpaired) electrons. The molecule has 0 aliphatic heterocycles. The highest BCUT2D eigenvalue weighted by atomic mass is 15.1. The SMILES string of the molecule is CCNc1cc(NCC(C)(C)c2cc[nH]c2)ncn1. The largest absolute Gasteiger partial charge is 0.370 e. The lowest BCUT2D eigenvalue weighted by Gasteiger charge is -2.24. The molecule has 102 valence electrons. The number of hydrogen-bond donors (Lipinski definition) is 3. The van der Waals surface area contributed by atoms with Gasteiger partial charge in [0.2, 0.25) is 0 Å². The summed E-state index contributed by atoms with van der Waals surface area (Å²) in [5.41, 5.74) is 1.32. The monoisotopic (exact) mass is 259 g/mol. The third kappa shape index (κ3) is 3.47. The summed E-state index contributed by atoms with van der Waals surface area (Å²) in [6.07, 6.45) is 5.56. The maximum absolute atomic E-state index is 4.24. The third-order valence-corrected chi connectivity index (χ3v) is 3.12. The van der Waals surface area contributed by atoms with Crippen LogP contribution in [0.4, 0.5) is 11.6 Å². The van der Waals surface area contributed by atoms with Gasteiger partial charge in [0.15, 0.2) is 0 Å². The third-order valence-electron chi connectivity index (χ3n) is 3.12. The van der Waals surface area contributed by atoms with E-state index in [1.54, 1.807) is 6.33 Å². The Labute approximate surface area is 113 Å². The summed E-state index contributed by atoms with van der Waals surface area (Å²) in [5, 5.41) is 6.54. The van der Waals surface area contributed by atoms with Gasteiger partial charge in [0.05, 0.1) is 0 Å². The molecule has 0 aliphatic rings. The van der Waals surface area contributed by atoms with Crippen molar-refractivity contribution in [3.63, 3.8) is 0 Å². The Morgan fingerprint density at radius 3 is 2.58 bits per heavy atom.